The van der Waals surface area contributed by atoms with Crippen molar-refractivity contribution in [2.75, 3.05) is 5.32 Å². The van der Waals surface area contributed by atoms with Gasteiger partial charge in [0.25, 0.3) is 0 Å². The normalized spacial score (nSPS) is 18.4. The molecule has 1 saturated carbocycles. The highest BCUT2D eigenvalue weighted by molar-refractivity contribution is 6.31. The molecule has 1 fully saturated rings. The molecule has 0 radical (unpaired) electrons. The number of carbonyl (C=O) groups excluding carboxylic acids is 1. The molecule has 1 aliphatic carbocycles. The molecule has 0 aliphatic heterocycles. The second-order valence-corrected chi connectivity index (χ2v) is 9.28. The molecule has 6 nitrogen and oxygen atoms in total. The summed E-state index contributed by atoms with van der Waals surface area (Å²) in [5.74, 6) is 1.94. The lowest BCUT2D eigenvalue weighted by Crippen LogP contribution is -2.27. The maximum absolute atomic E-state index is 12.8. The van der Waals surface area contributed by atoms with Gasteiger partial charge < -0.3 is 9.73 Å². The molecule has 1 amide bonds. The molecular weight excluding hydrogens is 459 g/mol. The van der Waals surface area contributed by atoms with Gasteiger partial charge in [-0.05, 0) is 73.7 Å². The minimum atomic E-state index is -0.0552. The molecule has 0 unspecified atom stereocenters. The largest absolute Gasteiger partial charge is 0.425 e. The van der Waals surface area contributed by atoms with Crippen molar-refractivity contribution < 1.29 is 9.21 Å². The zero-order chi connectivity index (χ0) is 22.8. The highest BCUT2D eigenvalue weighted by Crippen LogP contribution is 2.36. The molecule has 1 aliphatic rings. The molecule has 33 heavy (non-hydrogen) atoms. The van der Waals surface area contributed by atoms with Gasteiger partial charge in [0.2, 0.25) is 17.7 Å². The first kappa shape index (κ1) is 21.9. The Morgan fingerprint density at radius 2 is 1.70 bits per heavy atom. The predicted molar refractivity (Wildman–Crippen MR) is 129 cm³/mol. The molecule has 2 aromatic carbocycles. The lowest BCUT2D eigenvalue weighted by Gasteiger charge is -2.25. The standard InChI is InChI=1S/C25H22Cl2N4O2/c26-19-8-1-15(2-9-19)13-23-30-31-25(33-23)17-5-3-16(4-6-17)24(32)29-22-12-7-18-14-20(27)10-11-21(18)28-22/h1-2,7-12,14,16-17H,3-6,13H2,(H,28,29,32)/t16-,17-. The summed E-state index contributed by atoms with van der Waals surface area (Å²) in [5, 5.41) is 13.7. The Bertz CT molecular complexity index is 1280. The Labute approximate surface area is 201 Å². The second kappa shape index (κ2) is 9.49. The van der Waals surface area contributed by atoms with Gasteiger partial charge in [0.15, 0.2) is 0 Å². The van der Waals surface area contributed by atoms with Crippen LogP contribution in [0, 0.1) is 5.92 Å². The number of carbonyl (C=O) groups is 1. The smallest absolute Gasteiger partial charge is 0.228 e. The van der Waals surface area contributed by atoms with E-state index in [0.29, 0.717) is 34.1 Å². The number of hydrogen-bond acceptors (Lipinski definition) is 5. The van der Waals surface area contributed by atoms with Gasteiger partial charge in [-0.15, -0.1) is 10.2 Å². The molecule has 2 heterocycles. The maximum Gasteiger partial charge on any atom is 0.228 e. The Morgan fingerprint density at radius 3 is 2.48 bits per heavy atom. The van der Waals surface area contributed by atoms with Crippen molar-refractivity contribution in [3.63, 3.8) is 0 Å². The van der Waals surface area contributed by atoms with E-state index in [2.05, 4.69) is 20.5 Å². The van der Waals surface area contributed by atoms with Crippen LogP contribution < -0.4 is 5.32 Å². The molecule has 2 aromatic heterocycles. The van der Waals surface area contributed by atoms with E-state index < -0.39 is 0 Å². The predicted octanol–water partition coefficient (Wildman–Crippen LogP) is 6.43. The van der Waals surface area contributed by atoms with Gasteiger partial charge in [0.05, 0.1) is 11.9 Å². The van der Waals surface area contributed by atoms with Crippen LogP contribution >= 0.6 is 23.2 Å². The van der Waals surface area contributed by atoms with E-state index in [1.807, 2.05) is 48.5 Å². The number of nitrogens with zero attached hydrogens (tertiary/aromatic N) is 3. The fraction of sp³-hybridized carbons (Fsp3) is 0.280. The van der Waals surface area contributed by atoms with Crippen LogP contribution in [0.25, 0.3) is 10.9 Å². The number of amides is 1. The van der Waals surface area contributed by atoms with Crippen molar-refractivity contribution in [1.82, 2.24) is 15.2 Å². The van der Waals surface area contributed by atoms with Gasteiger partial charge in [0, 0.05) is 27.3 Å². The molecule has 168 valence electrons. The number of halogens is 2. The minimum Gasteiger partial charge on any atom is -0.425 e. The van der Waals surface area contributed by atoms with E-state index in [9.17, 15) is 4.79 Å². The number of pyridine rings is 1. The first-order valence-electron chi connectivity index (χ1n) is 11.0. The average molecular weight is 481 g/mol. The summed E-state index contributed by atoms with van der Waals surface area (Å²) >= 11 is 12.0. The van der Waals surface area contributed by atoms with Crippen LogP contribution in [0.1, 0.15) is 48.9 Å². The summed E-state index contributed by atoms with van der Waals surface area (Å²) < 4.78 is 5.92. The van der Waals surface area contributed by atoms with Gasteiger partial charge in [-0.2, -0.15) is 0 Å². The van der Waals surface area contributed by atoms with Gasteiger partial charge >= 0.3 is 0 Å². The van der Waals surface area contributed by atoms with Crippen molar-refractivity contribution >= 4 is 45.8 Å². The Balaban J connectivity index is 1.16. The average Bonchev–Trinajstić information content (AvgIpc) is 3.29. The van der Waals surface area contributed by atoms with Crippen LogP contribution in [0.15, 0.2) is 59.0 Å². The molecular formula is C25H22Cl2N4O2. The maximum atomic E-state index is 12.8. The Kier molecular flexibility index (Phi) is 6.29. The zero-order valence-electron chi connectivity index (χ0n) is 17.8. The van der Waals surface area contributed by atoms with Crippen molar-refractivity contribution in [2.24, 2.45) is 5.92 Å². The van der Waals surface area contributed by atoms with E-state index in [1.165, 1.54) is 0 Å². The molecule has 8 heteroatoms. The van der Waals surface area contributed by atoms with Gasteiger partial charge in [-0.3, -0.25) is 4.79 Å². The number of benzene rings is 2. The van der Waals surface area contributed by atoms with Gasteiger partial charge in [-0.25, -0.2) is 4.98 Å². The van der Waals surface area contributed by atoms with Crippen molar-refractivity contribution in [1.29, 1.82) is 0 Å². The highest BCUT2D eigenvalue weighted by atomic mass is 35.5. The minimum absolute atomic E-state index is 0.00298. The van der Waals surface area contributed by atoms with E-state index in [0.717, 1.165) is 42.1 Å². The first-order chi connectivity index (χ1) is 16.0. The fourth-order valence-electron chi connectivity index (χ4n) is 4.28. The van der Waals surface area contributed by atoms with E-state index >= 15 is 0 Å². The van der Waals surface area contributed by atoms with Crippen LogP contribution in [-0.2, 0) is 11.2 Å². The summed E-state index contributed by atoms with van der Waals surface area (Å²) in [4.78, 5) is 17.3. The van der Waals surface area contributed by atoms with Crippen LogP contribution in [-0.4, -0.2) is 21.1 Å². The van der Waals surface area contributed by atoms with Gasteiger partial charge in [0.1, 0.15) is 5.82 Å². The lowest BCUT2D eigenvalue weighted by molar-refractivity contribution is -0.120. The molecule has 1 N–H and O–H groups in total. The van der Waals surface area contributed by atoms with Crippen molar-refractivity contribution in [3.05, 3.63) is 82.0 Å². The van der Waals surface area contributed by atoms with E-state index in [-0.39, 0.29) is 17.7 Å². The summed E-state index contributed by atoms with van der Waals surface area (Å²) in [6.45, 7) is 0. The molecule has 0 saturated heterocycles. The number of fused-ring (bicyclic) bond motifs is 1. The van der Waals surface area contributed by atoms with Crippen LogP contribution in [0.5, 0.6) is 0 Å². The summed E-state index contributed by atoms with van der Waals surface area (Å²) in [6.07, 6.45) is 3.80. The quantitative estimate of drug-likeness (QED) is 0.355. The Hall–Kier alpha value is -2.96. The SMILES string of the molecule is O=C(Nc1ccc2cc(Cl)ccc2n1)[C@H]1CC[C@H](c2nnc(Cc3ccc(Cl)cc3)o2)CC1. The van der Waals surface area contributed by atoms with E-state index in [1.54, 1.807) is 6.07 Å². The van der Waals surface area contributed by atoms with Gasteiger partial charge in [-0.1, -0.05) is 35.3 Å². The van der Waals surface area contributed by atoms with Crippen molar-refractivity contribution in [2.45, 2.75) is 38.0 Å². The topological polar surface area (TPSA) is 80.9 Å². The summed E-state index contributed by atoms with van der Waals surface area (Å²) in [5.41, 5.74) is 1.87. The third-order valence-electron chi connectivity index (χ3n) is 6.10. The lowest BCUT2D eigenvalue weighted by atomic mass is 9.81. The molecule has 0 atom stereocenters. The first-order valence-corrected chi connectivity index (χ1v) is 11.7. The summed E-state index contributed by atoms with van der Waals surface area (Å²) in [7, 11) is 0. The summed E-state index contributed by atoms with van der Waals surface area (Å²) in [6, 6.07) is 16.8. The second-order valence-electron chi connectivity index (χ2n) is 8.41. The van der Waals surface area contributed by atoms with Crippen LogP contribution in [0.4, 0.5) is 5.82 Å². The molecule has 5 rings (SSSR count). The number of rotatable bonds is 5. The number of aromatic nitrogens is 3. The third kappa shape index (κ3) is 5.18. The fourth-order valence-corrected chi connectivity index (χ4v) is 4.58. The number of anilines is 1. The highest BCUT2D eigenvalue weighted by Gasteiger charge is 2.30. The van der Waals surface area contributed by atoms with Crippen LogP contribution in [0.3, 0.4) is 0 Å². The number of hydrogen-bond donors (Lipinski definition) is 1. The molecule has 0 bridgehead atoms. The zero-order valence-corrected chi connectivity index (χ0v) is 19.3. The van der Waals surface area contributed by atoms with Crippen molar-refractivity contribution in [3.8, 4) is 0 Å². The molecule has 4 aromatic rings. The van der Waals surface area contributed by atoms with E-state index in [4.69, 9.17) is 27.6 Å². The number of nitrogens with one attached hydrogen (secondary N) is 1. The monoisotopic (exact) mass is 480 g/mol. The molecule has 0 spiro atoms. The third-order valence-corrected chi connectivity index (χ3v) is 6.59. The Morgan fingerprint density at radius 1 is 0.939 bits per heavy atom. The van der Waals surface area contributed by atoms with Crippen LogP contribution in [0.2, 0.25) is 10.0 Å².